The molecule has 0 aliphatic heterocycles. The molecule has 0 radical (unpaired) electrons. The molecule has 3 aromatic rings. The van der Waals surface area contributed by atoms with Crippen molar-refractivity contribution in [1.29, 1.82) is 0 Å². The number of esters is 1. The Morgan fingerprint density at radius 3 is 2.33 bits per heavy atom. The molecule has 10 nitrogen and oxygen atoms in total. The maximum atomic E-state index is 13.5. The molecule has 1 heterocycles. The molecule has 3 rings (SSSR count). The van der Waals surface area contributed by atoms with E-state index in [-0.39, 0.29) is 42.5 Å². The largest absolute Gasteiger partial charge is 0.427 e. The number of amides is 1. The molecule has 0 atom stereocenters. The van der Waals surface area contributed by atoms with E-state index in [1.807, 2.05) is 6.07 Å². The van der Waals surface area contributed by atoms with Gasteiger partial charge in [0.1, 0.15) is 11.6 Å². The van der Waals surface area contributed by atoms with Gasteiger partial charge in [0.25, 0.3) is 11.5 Å². The van der Waals surface area contributed by atoms with E-state index in [1.54, 1.807) is 24.3 Å². The van der Waals surface area contributed by atoms with Gasteiger partial charge in [-0.3, -0.25) is 28.8 Å². The monoisotopic (exact) mass is 452 g/mol. The summed E-state index contributed by atoms with van der Waals surface area (Å²) in [6.07, 6.45) is 0. The van der Waals surface area contributed by atoms with E-state index in [0.717, 1.165) is 10.1 Å². The highest BCUT2D eigenvalue weighted by atomic mass is 16.5. The smallest absolute Gasteiger partial charge is 0.330 e. The average molecular weight is 452 g/mol. The standard InChI is InChI=1S/C23H24N4O6/c1-15(28)33-18-10-8-17(9-11-18)22(30)27(14-16-6-4-3-5-7-16)19-20(24)26(12-13-32-2)23(31)25-21(19)29/h3-11H,12-14,24H2,1-2H3,(H,25,29,31). The van der Waals surface area contributed by atoms with Crippen molar-refractivity contribution < 1.29 is 19.1 Å². The van der Waals surface area contributed by atoms with Crippen molar-refractivity contribution >= 4 is 23.4 Å². The fourth-order valence-corrected chi connectivity index (χ4v) is 3.25. The van der Waals surface area contributed by atoms with Crippen LogP contribution in [-0.4, -0.2) is 35.1 Å². The Morgan fingerprint density at radius 1 is 1.06 bits per heavy atom. The molecule has 3 N–H and O–H groups in total. The predicted octanol–water partition coefficient (Wildman–Crippen LogP) is 1.54. The molecule has 2 aromatic carbocycles. The summed E-state index contributed by atoms with van der Waals surface area (Å²) in [7, 11) is 1.47. The van der Waals surface area contributed by atoms with Gasteiger partial charge in [-0.25, -0.2) is 4.79 Å². The lowest BCUT2D eigenvalue weighted by Crippen LogP contribution is -2.41. The summed E-state index contributed by atoms with van der Waals surface area (Å²) in [6.45, 7) is 1.57. The van der Waals surface area contributed by atoms with Gasteiger partial charge >= 0.3 is 11.7 Å². The lowest BCUT2D eigenvalue weighted by Gasteiger charge is -2.25. The van der Waals surface area contributed by atoms with Crippen molar-refractivity contribution in [3.63, 3.8) is 0 Å². The Morgan fingerprint density at radius 2 is 1.73 bits per heavy atom. The third kappa shape index (κ3) is 5.55. The molecule has 0 unspecified atom stereocenters. The van der Waals surface area contributed by atoms with Gasteiger partial charge in [-0.15, -0.1) is 0 Å². The highest BCUT2D eigenvalue weighted by Gasteiger charge is 2.25. The van der Waals surface area contributed by atoms with Gasteiger partial charge < -0.3 is 15.2 Å². The molecule has 172 valence electrons. The van der Waals surface area contributed by atoms with E-state index in [4.69, 9.17) is 15.2 Å². The molecular formula is C23H24N4O6. The van der Waals surface area contributed by atoms with Crippen molar-refractivity contribution in [3.05, 3.63) is 86.6 Å². The molecule has 0 fully saturated rings. The van der Waals surface area contributed by atoms with Crippen LogP contribution in [0.25, 0.3) is 0 Å². The summed E-state index contributed by atoms with van der Waals surface area (Å²) in [6, 6.07) is 14.9. The second kappa shape index (κ2) is 10.4. The minimum Gasteiger partial charge on any atom is -0.427 e. The normalized spacial score (nSPS) is 10.6. The van der Waals surface area contributed by atoms with Gasteiger partial charge in [-0.1, -0.05) is 30.3 Å². The SMILES string of the molecule is COCCn1c(N)c(N(Cc2ccccc2)C(=O)c2ccc(OC(C)=O)cc2)c(=O)[nH]c1=O. The third-order valence-electron chi connectivity index (χ3n) is 4.79. The summed E-state index contributed by atoms with van der Waals surface area (Å²) in [4.78, 5) is 53.2. The van der Waals surface area contributed by atoms with Crippen LogP contribution < -0.4 is 26.6 Å². The lowest BCUT2D eigenvalue weighted by atomic mass is 10.1. The van der Waals surface area contributed by atoms with Crippen LogP contribution in [0.1, 0.15) is 22.8 Å². The van der Waals surface area contributed by atoms with E-state index in [9.17, 15) is 19.2 Å². The number of rotatable bonds is 8. The molecule has 0 bridgehead atoms. The molecule has 33 heavy (non-hydrogen) atoms. The number of carbonyl (C=O) groups excluding carboxylic acids is 2. The highest BCUT2D eigenvalue weighted by Crippen LogP contribution is 2.23. The molecule has 0 saturated carbocycles. The Kier molecular flexibility index (Phi) is 7.42. The van der Waals surface area contributed by atoms with Crippen LogP contribution in [0.15, 0.2) is 64.2 Å². The number of methoxy groups -OCH3 is 1. The van der Waals surface area contributed by atoms with Gasteiger partial charge in [0.2, 0.25) is 0 Å². The minimum atomic E-state index is -0.785. The van der Waals surface area contributed by atoms with Gasteiger partial charge in [0.15, 0.2) is 5.69 Å². The van der Waals surface area contributed by atoms with Crippen molar-refractivity contribution in [3.8, 4) is 5.75 Å². The molecular weight excluding hydrogens is 428 g/mol. The van der Waals surface area contributed by atoms with Crippen molar-refractivity contribution in [2.24, 2.45) is 0 Å². The van der Waals surface area contributed by atoms with Crippen LogP contribution >= 0.6 is 0 Å². The molecule has 0 aliphatic rings. The van der Waals surface area contributed by atoms with Gasteiger partial charge in [-0.2, -0.15) is 0 Å². The molecule has 0 spiro atoms. The van der Waals surface area contributed by atoms with Crippen LogP contribution in [0.4, 0.5) is 11.5 Å². The number of aromatic nitrogens is 2. The second-order valence-electron chi connectivity index (χ2n) is 7.13. The molecule has 0 saturated heterocycles. The maximum absolute atomic E-state index is 13.5. The zero-order chi connectivity index (χ0) is 24.0. The Hall–Kier alpha value is -4.18. The zero-order valence-corrected chi connectivity index (χ0v) is 18.2. The first-order valence-electron chi connectivity index (χ1n) is 10.1. The van der Waals surface area contributed by atoms with Crippen molar-refractivity contribution in [1.82, 2.24) is 9.55 Å². The number of nitrogens with two attached hydrogens (primary N) is 1. The topological polar surface area (TPSA) is 137 Å². The van der Waals surface area contributed by atoms with Crippen LogP contribution in [0.2, 0.25) is 0 Å². The van der Waals surface area contributed by atoms with E-state index in [0.29, 0.717) is 0 Å². The van der Waals surface area contributed by atoms with Gasteiger partial charge in [-0.05, 0) is 29.8 Å². The molecule has 0 aliphatic carbocycles. The summed E-state index contributed by atoms with van der Waals surface area (Å²) in [5, 5.41) is 0. The summed E-state index contributed by atoms with van der Waals surface area (Å²) >= 11 is 0. The molecule has 1 aromatic heterocycles. The average Bonchev–Trinajstić information content (AvgIpc) is 2.78. The number of hydrogen-bond acceptors (Lipinski definition) is 7. The second-order valence-corrected chi connectivity index (χ2v) is 7.13. The van der Waals surface area contributed by atoms with E-state index >= 15 is 0 Å². The minimum absolute atomic E-state index is 0.0289. The van der Waals surface area contributed by atoms with E-state index in [1.165, 1.54) is 43.2 Å². The zero-order valence-electron chi connectivity index (χ0n) is 18.2. The van der Waals surface area contributed by atoms with Crippen LogP contribution in [0.5, 0.6) is 5.75 Å². The van der Waals surface area contributed by atoms with Crippen LogP contribution in [-0.2, 0) is 22.6 Å². The summed E-state index contributed by atoms with van der Waals surface area (Å²) in [5.41, 5.74) is 5.56. The number of aromatic amines is 1. The fraction of sp³-hybridized carbons (Fsp3) is 0.217. The number of nitrogens with one attached hydrogen (secondary N) is 1. The summed E-state index contributed by atoms with van der Waals surface area (Å²) in [5.74, 6) is -0.888. The first kappa shape index (κ1) is 23.5. The first-order chi connectivity index (χ1) is 15.8. The van der Waals surface area contributed by atoms with Gasteiger partial charge in [0, 0.05) is 19.6 Å². The number of ether oxygens (including phenoxy) is 2. The molecule has 10 heteroatoms. The number of anilines is 2. The predicted molar refractivity (Wildman–Crippen MR) is 122 cm³/mol. The van der Waals surface area contributed by atoms with E-state index in [2.05, 4.69) is 4.98 Å². The number of H-pyrrole nitrogens is 1. The van der Waals surface area contributed by atoms with E-state index < -0.39 is 23.1 Å². The fourth-order valence-electron chi connectivity index (χ4n) is 3.25. The van der Waals surface area contributed by atoms with Crippen LogP contribution in [0.3, 0.4) is 0 Å². The van der Waals surface area contributed by atoms with Crippen molar-refractivity contribution in [2.75, 3.05) is 24.4 Å². The number of nitrogens with zero attached hydrogens (tertiary/aromatic N) is 2. The van der Waals surface area contributed by atoms with Gasteiger partial charge in [0.05, 0.1) is 19.7 Å². The van der Waals surface area contributed by atoms with Crippen molar-refractivity contribution in [2.45, 2.75) is 20.0 Å². The number of carbonyl (C=O) groups is 2. The number of nitrogen functional groups attached to an aromatic ring is 1. The Labute approximate surface area is 189 Å². The molecule has 1 amide bonds. The number of hydrogen-bond donors (Lipinski definition) is 2. The lowest BCUT2D eigenvalue weighted by molar-refractivity contribution is -0.131. The quantitative estimate of drug-likeness (QED) is 0.391. The third-order valence-corrected chi connectivity index (χ3v) is 4.79. The Bertz CT molecular complexity index is 1250. The highest BCUT2D eigenvalue weighted by molar-refractivity contribution is 6.07. The summed E-state index contributed by atoms with van der Waals surface area (Å²) < 4.78 is 11.2. The maximum Gasteiger partial charge on any atom is 0.330 e. The van der Waals surface area contributed by atoms with Crippen LogP contribution in [0, 0.1) is 0 Å². The first-order valence-corrected chi connectivity index (χ1v) is 10.1. The number of benzene rings is 2. The Balaban J connectivity index is 2.09.